The first-order chi connectivity index (χ1) is 14.5. The predicted molar refractivity (Wildman–Crippen MR) is 113 cm³/mol. The lowest BCUT2D eigenvalue weighted by molar-refractivity contribution is -0.124. The van der Waals surface area contributed by atoms with Crippen LogP contribution in [0.3, 0.4) is 0 Å². The Bertz CT molecular complexity index is 875. The van der Waals surface area contributed by atoms with Crippen LogP contribution < -0.4 is 20.9 Å². The Morgan fingerprint density at radius 2 is 1.60 bits per heavy atom. The first-order valence-corrected chi connectivity index (χ1v) is 9.82. The van der Waals surface area contributed by atoms with Crippen LogP contribution in [0.2, 0.25) is 5.02 Å². The van der Waals surface area contributed by atoms with Gasteiger partial charge in [-0.3, -0.25) is 25.2 Å². The van der Waals surface area contributed by atoms with Gasteiger partial charge in [-0.1, -0.05) is 35.9 Å². The molecule has 0 aromatic heterocycles. The number of anilines is 1. The zero-order valence-corrected chi connectivity index (χ0v) is 17.3. The van der Waals surface area contributed by atoms with Gasteiger partial charge in [0.25, 0.3) is 5.91 Å². The molecule has 0 radical (unpaired) electrons. The Morgan fingerprint density at radius 1 is 0.900 bits per heavy atom. The van der Waals surface area contributed by atoms with Crippen molar-refractivity contribution in [1.82, 2.24) is 10.9 Å². The third-order valence-electron chi connectivity index (χ3n) is 3.86. The second kappa shape index (κ2) is 12.5. The molecular weight excluding hydrogens is 410 g/mol. The topological polar surface area (TPSA) is 106 Å². The molecule has 0 fully saturated rings. The number of carbonyl (C=O) groups is 3. The quantitative estimate of drug-likeness (QED) is 0.394. The zero-order valence-electron chi connectivity index (χ0n) is 16.6. The van der Waals surface area contributed by atoms with Crippen LogP contribution in [0.5, 0.6) is 5.75 Å². The summed E-state index contributed by atoms with van der Waals surface area (Å²) < 4.78 is 10.8. The molecule has 0 saturated carbocycles. The highest BCUT2D eigenvalue weighted by atomic mass is 35.5. The molecule has 2 aromatic carbocycles. The minimum Gasteiger partial charge on any atom is -0.490 e. The number of para-hydroxylation sites is 2. The summed E-state index contributed by atoms with van der Waals surface area (Å²) in [5, 5.41) is 3.03. The van der Waals surface area contributed by atoms with Crippen molar-refractivity contribution in [2.24, 2.45) is 0 Å². The molecule has 0 aliphatic heterocycles. The molecule has 3 N–H and O–H groups in total. The second-order valence-corrected chi connectivity index (χ2v) is 6.48. The molecule has 2 aromatic rings. The molecule has 0 saturated heterocycles. The average Bonchev–Trinajstić information content (AvgIpc) is 2.75. The van der Waals surface area contributed by atoms with E-state index in [0.29, 0.717) is 36.3 Å². The minimum atomic E-state index is -0.532. The van der Waals surface area contributed by atoms with Gasteiger partial charge in [0.2, 0.25) is 11.8 Å². The van der Waals surface area contributed by atoms with Gasteiger partial charge >= 0.3 is 0 Å². The van der Waals surface area contributed by atoms with E-state index in [9.17, 15) is 14.4 Å². The Balaban J connectivity index is 1.77. The number of benzene rings is 2. The molecule has 0 spiro atoms. The van der Waals surface area contributed by atoms with Gasteiger partial charge in [-0.05, 0) is 31.2 Å². The molecule has 9 heteroatoms. The molecular formula is C21H24ClN3O5. The summed E-state index contributed by atoms with van der Waals surface area (Å²) in [6.45, 7) is 3.16. The highest BCUT2D eigenvalue weighted by Crippen LogP contribution is 2.20. The summed E-state index contributed by atoms with van der Waals surface area (Å²) in [5.74, 6) is -1.02. The molecule has 0 aliphatic carbocycles. The molecule has 2 rings (SSSR count). The summed E-state index contributed by atoms with van der Waals surface area (Å²) in [6, 6.07) is 13.5. The number of hydrogen-bond acceptors (Lipinski definition) is 5. The van der Waals surface area contributed by atoms with Gasteiger partial charge in [0.05, 0.1) is 22.9 Å². The molecule has 8 nitrogen and oxygen atoms in total. The monoisotopic (exact) mass is 433 g/mol. The summed E-state index contributed by atoms with van der Waals surface area (Å²) in [7, 11) is 0. The lowest BCUT2D eigenvalue weighted by atomic mass is 10.2. The normalized spacial score (nSPS) is 10.2. The number of halogens is 1. The second-order valence-electron chi connectivity index (χ2n) is 6.07. The molecule has 0 heterocycles. The summed E-state index contributed by atoms with van der Waals surface area (Å²) in [4.78, 5) is 36.3. The highest BCUT2D eigenvalue weighted by molar-refractivity contribution is 6.33. The van der Waals surface area contributed by atoms with E-state index in [2.05, 4.69) is 16.2 Å². The van der Waals surface area contributed by atoms with E-state index in [0.717, 1.165) is 0 Å². The Kier molecular flexibility index (Phi) is 9.63. The van der Waals surface area contributed by atoms with Gasteiger partial charge < -0.3 is 14.8 Å². The SMILES string of the molecule is CCOCCOc1ccccc1C(=O)NNC(=O)CCC(=O)Nc1ccccc1Cl. The van der Waals surface area contributed by atoms with Crippen LogP contribution in [0.15, 0.2) is 48.5 Å². The van der Waals surface area contributed by atoms with E-state index in [1.54, 1.807) is 48.5 Å². The van der Waals surface area contributed by atoms with Crippen molar-refractivity contribution < 1.29 is 23.9 Å². The third kappa shape index (κ3) is 7.73. The van der Waals surface area contributed by atoms with Gasteiger partial charge in [0.15, 0.2) is 0 Å². The van der Waals surface area contributed by atoms with Crippen LogP contribution >= 0.6 is 11.6 Å². The number of rotatable bonds is 10. The van der Waals surface area contributed by atoms with Crippen molar-refractivity contribution >= 4 is 35.0 Å². The molecule has 3 amide bonds. The van der Waals surface area contributed by atoms with Crippen molar-refractivity contribution in [3.8, 4) is 5.75 Å². The molecule has 0 bridgehead atoms. The lowest BCUT2D eigenvalue weighted by Crippen LogP contribution is -2.42. The van der Waals surface area contributed by atoms with Crippen LogP contribution in [0.1, 0.15) is 30.1 Å². The third-order valence-corrected chi connectivity index (χ3v) is 4.19. The Labute approximate surface area is 179 Å². The van der Waals surface area contributed by atoms with Gasteiger partial charge in [-0.15, -0.1) is 0 Å². The highest BCUT2D eigenvalue weighted by Gasteiger charge is 2.14. The predicted octanol–water partition coefficient (Wildman–Crippen LogP) is 2.94. The van der Waals surface area contributed by atoms with E-state index < -0.39 is 11.8 Å². The fourth-order valence-electron chi connectivity index (χ4n) is 2.39. The number of carbonyl (C=O) groups excluding carboxylic acids is 3. The summed E-state index contributed by atoms with van der Waals surface area (Å²) in [5.41, 5.74) is 5.35. The van der Waals surface area contributed by atoms with Crippen LogP contribution in [-0.4, -0.2) is 37.5 Å². The van der Waals surface area contributed by atoms with Gasteiger partial charge in [0.1, 0.15) is 12.4 Å². The fraction of sp³-hybridized carbons (Fsp3) is 0.286. The molecule has 0 aliphatic rings. The fourth-order valence-corrected chi connectivity index (χ4v) is 2.58. The van der Waals surface area contributed by atoms with Crippen molar-refractivity contribution in [3.05, 3.63) is 59.1 Å². The van der Waals surface area contributed by atoms with E-state index in [-0.39, 0.29) is 24.3 Å². The van der Waals surface area contributed by atoms with Crippen molar-refractivity contribution in [3.63, 3.8) is 0 Å². The van der Waals surface area contributed by atoms with E-state index >= 15 is 0 Å². The number of nitrogens with one attached hydrogen (secondary N) is 3. The first-order valence-electron chi connectivity index (χ1n) is 9.44. The maximum atomic E-state index is 12.3. The number of ether oxygens (including phenoxy) is 2. The molecule has 30 heavy (non-hydrogen) atoms. The first kappa shape index (κ1) is 23.2. The summed E-state index contributed by atoms with van der Waals surface area (Å²) >= 11 is 5.98. The van der Waals surface area contributed by atoms with E-state index in [1.807, 2.05) is 6.92 Å². The van der Waals surface area contributed by atoms with Crippen LogP contribution in [0.25, 0.3) is 0 Å². The minimum absolute atomic E-state index is 0.0654. The van der Waals surface area contributed by atoms with Crippen LogP contribution in [0, 0.1) is 0 Å². The zero-order chi connectivity index (χ0) is 21.8. The molecule has 160 valence electrons. The number of hydrazine groups is 1. The smallest absolute Gasteiger partial charge is 0.273 e. The van der Waals surface area contributed by atoms with Crippen LogP contribution in [-0.2, 0) is 14.3 Å². The maximum absolute atomic E-state index is 12.3. The van der Waals surface area contributed by atoms with E-state index in [1.165, 1.54) is 0 Å². The van der Waals surface area contributed by atoms with Gasteiger partial charge in [-0.2, -0.15) is 0 Å². The van der Waals surface area contributed by atoms with Crippen molar-refractivity contribution in [2.45, 2.75) is 19.8 Å². The number of amides is 3. The Morgan fingerprint density at radius 3 is 2.37 bits per heavy atom. The maximum Gasteiger partial charge on any atom is 0.273 e. The van der Waals surface area contributed by atoms with E-state index in [4.69, 9.17) is 21.1 Å². The molecule has 0 atom stereocenters. The Hall–Kier alpha value is -3.10. The average molecular weight is 434 g/mol. The number of hydrogen-bond donors (Lipinski definition) is 3. The summed E-state index contributed by atoms with van der Waals surface area (Å²) in [6.07, 6.45) is -0.173. The van der Waals surface area contributed by atoms with Gasteiger partial charge in [-0.25, -0.2) is 0 Å². The molecule has 0 unspecified atom stereocenters. The van der Waals surface area contributed by atoms with Crippen molar-refractivity contribution in [2.75, 3.05) is 25.1 Å². The largest absolute Gasteiger partial charge is 0.490 e. The van der Waals surface area contributed by atoms with Gasteiger partial charge in [0, 0.05) is 19.4 Å². The van der Waals surface area contributed by atoms with Crippen LogP contribution in [0.4, 0.5) is 5.69 Å². The van der Waals surface area contributed by atoms with Crippen molar-refractivity contribution in [1.29, 1.82) is 0 Å². The lowest BCUT2D eigenvalue weighted by Gasteiger charge is -2.12. The standard InChI is InChI=1S/C21H24ClN3O5/c1-2-29-13-14-30-18-10-6-3-7-15(18)21(28)25-24-20(27)12-11-19(26)23-17-9-5-4-8-16(17)22/h3-10H,2,11-14H2,1H3,(H,23,26)(H,24,27)(H,25,28).